The molecule has 0 spiro atoms. The Labute approximate surface area is 368 Å². The summed E-state index contributed by atoms with van der Waals surface area (Å²) in [5.41, 5.74) is 20.4. The van der Waals surface area contributed by atoms with Crippen molar-refractivity contribution in [1.82, 2.24) is 0 Å². The molecule has 7 aromatic carbocycles. The summed E-state index contributed by atoms with van der Waals surface area (Å²) in [6, 6.07) is 61.8. The van der Waals surface area contributed by atoms with Gasteiger partial charge in [-0.05, 0) is 24.0 Å². The molecule has 60 heavy (non-hydrogen) atoms. The number of aryl methyl sites for hydroxylation is 5. The molecule has 0 saturated carbocycles. The van der Waals surface area contributed by atoms with Crippen LogP contribution in [0.4, 0.5) is 0 Å². The van der Waals surface area contributed by atoms with Crippen molar-refractivity contribution in [2.24, 2.45) is 0 Å². The minimum absolute atomic E-state index is 0.121. The van der Waals surface area contributed by atoms with Crippen molar-refractivity contribution in [2.75, 3.05) is 0 Å². The van der Waals surface area contributed by atoms with E-state index in [1.165, 1.54) is 85.2 Å². The summed E-state index contributed by atoms with van der Waals surface area (Å²) in [7, 11) is 0. The van der Waals surface area contributed by atoms with Gasteiger partial charge in [0.15, 0.2) is 0 Å². The van der Waals surface area contributed by atoms with Crippen LogP contribution in [0.1, 0.15) is 111 Å². The molecule has 7 aromatic rings. The monoisotopic (exact) mass is 948 g/mol. The summed E-state index contributed by atoms with van der Waals surface area (Å²) in [5.74, 6) is 0. The molecule has 300 valence electrons. The van der Waals surface area contributed by atoms with Gasteiger partial charge in [-0.2, -0.15) is 0 Å². The van der Waals surface area contributed by atoms with Crippen molar-refractivity contribution < 1.29 is 21.0 Å². The maximum Gasteiger partial charge on any atom is -0.0238 e. The average molecular weight is 948 g/mol. The maximum atomic E-state index is 2.58. The number of hydrogen-bond donors (Lipinski definition) is 0. The van der Waals surface area contributed by atoms with Gasteiger partial charge in [-0.25, -0.2) is 0 Å². The molecule has 2 aliphatic carbocycles. The van der Waals surface area contributed by atoms with Crippen molar-refractivity contribution in [3.05, 3.63) is 237 Å². The molecule has 2 aliphatic rings. The molecule has 0 nitrogen and oxygen atoms in total. The zero-order valence-electron chi connectivity index (χ0n) is 36.6. The number of rotatable bonds is 10. The Hall–Kier alpha value is -4.98. The second-order valence-electron chi connectivity index (χ2n) is 18.0. The first-order chi connectivity index (χ1) is 29.2. The summed E-state index contributed by atoms with van der Waals surface area (Å²) in [5, 5.41) is 0. The first kappa shape index (κ1) is 41.7. The molecule has 1 heteroatoms. The predicted molar refractivity (Wildman–Crippen MR) is 256 cm³/mol. The van der Waals surface area contributed by atoms with Crippen molar-refractivity contribution in [3.63, 3.8) is 0 Å². The predicted octanol–water partition coefficient (Wildman–Crippen LogP) is 14.3. The van der Waals surface area contributed by atoms with Gasteiger partial charge < -0.3 is 0 Å². The molecule has 0 saturated heterocycles. The zero-order chi connectivity index (χ0) is 41.6. The average Bonchev–Trinajstić information content (AvgIpc) is 3.86. The van der Waals surface area contributed by atoms with Crippen LogP contribution in [0.5, 0.6) is 0 Å². The number of fused-ring (bicyclic) bond motifs is 4. The molecular weight excluding hydrogens is 887 g/mol. The maximum absolute atomic E-state index is 3.06. The zero-order valence-corrected chi connectivity index (χ0v) is 40.2. The number of unbranched alkanes of at least 4 members (excludes halogenated alkanes) is 1. The van der Waals surface area contributed by atoms with Crippen LogP contribution in [0.15, 0.2) is 170 Å². The van der Waals surface area contributed by atoms with Crippen LogP contribution >= 0.6 is 0 Å². The van der Waals surface area contributed by atoms with E-state index in [1.54, 1.807) is 12.1 Å². The van der Waals surface area contributed by atoms with Crippen LogP contribution in [-0.4, -0.2) is 3.26 Å². The number of hydrogen-bond acceptors (Lipinski definition) is 0. The molecule has 0 amide bonds. The van der Waals surface area contributed by atoms with Crippen LogP contribution in [0.25, 0.3) is 17.2 Å². The van der Waals surface area contributed by atoms with Gasteiger partial charge in [-0.3, -0.25) is 0 Å². The van der Waals surface area contributed by atoms with Crippen molar-refractivity contribution in [2.45, 2.75) is 89.2 Å². The third kappa shape index (κ3) is 9.33. The van der Waals surface area contributed by atoms with Crippen LogP contribution in [0, 0.1) is 13.8 Å². The van der Waals surface area contributed by atoms with E-state index in [9.17, 15) is 0 Å². The first-order valence-electron chi connectivity index (χ1n) is 22.2. The fourth-order valence-electron chi connectivity index (χ4n) is 9.25. The van der Waals surface area contributed by atoms with Gasteiger partial charge >= 0.3 is 286 Å². The summed E-state index contributed by atoms with van der Waals surface area (Å²) in [6.07, 6.45) is 11.9. The molecule has 0 bridgehead atoms. The Morgan fingerprint density at radius 3 is 1.82 bits per heavy atom. The van der Waals surface area contributed by atoms with Gasteiger partial charge in [0.2, 0.25) is 0 Å². The summed E-state index contributed by atoms with van der Waals surface area (Å²) < 4.78 is 3.81. The molecule has 0 aliphatic heterocycles. The molecule has 1 atom stereocenters. The topological polar surface area (TPSA) is 0 Å². The van der Waals surface area contributed by atoms with E-state index in [-0.39, 0.29) is 5.41 Å². The van der Waals surface area contributed by atoms with Crippen LogP contribution in [0.3, 0.4) is 0 Å². The smallest absolute Gasteiger partial charge is 0.0238 e. The third-order valence-corrected chi connectivity index (χ3v) is 25.1. The van der Waals surface area contributed by atoms with Gasteiger partial charge in [-0.1, -0.05) is 60.7 Å². The van der Waals surface area contributed by atoms with Crippen LogP contribution < -0.4 is 3.32 Å². The Balaban J connectivity index is 0.000000301. The molecule has 0 aromatic heterocycles. The van der Waals surface area contributed by atoms with E-state index >= 15 is 0 Å². The van der Waals surface area contributed by atoms with Gasteiger partial charge in [0.05, 0.1) is 0 Å². The Morgan fingerprint density at radius 1 is 0.600 bits per heavy atom. The van der Waals surface area contributed by atoms with Gasteiger partial charge in [-0.15, -0.1) is 0 Å². The molecule has 0 heterocycles. The fraction of sp³-hybridized carbons (Fsp3) is 0.237. The molecule has 1 unspecified atom stereocenters. The largest absolute Gasteiger partial charge is 0.0622 e. The quantitative estimate of drug-likeness (QED) is 0.120. The van der Waals surface area contributed by atoms with E-state index in [1.807, 2.05) is 0 Å². The Kier molecular flexibility index (Phi) is 13.0. The minimum Gasteiger partial charge on any atom is -0.0622 e. The van der Waals surface area contributed by atoms with Crippen molar-refractivity contribution in [3.8, 4) is 11.1 Å². The normalized spacial score (nSPS) is 14.1. The van der Waals surface area contributed by atoms with Gasteiger partial charge in [0, 0.05) is 0 Å². The molecule has 0 fully saturated rings. The van der Waals surface area contributed by atoms with Crippen LogP contribution in [-0.2, 0) is 52.1 Å². The van der Waals surface area contributed by atoms with Crippen molar-refractivity contribution in [1.29, 1.82) is 0 Å². The minimum atomic E-state index is -3.06. The van der Waals surface area contributed by atoms with E-state index < -0.39 is 21.0 Å². The number of allylic oxidation sites excluding steroid dienone is 1. The van der Waals surface area contributed by atoms with Gasteiger partial charge in [0.1, 0.15) is 0 Å². The SMILES string of the molecule is CCCCc1ccc(/[C](c2ccc(C(C)(C)C)cc2)=[Hf](\[c]2c(C)ccc3c2Cc2cc(C)ccc2-3)[CH]2C=Cc3ccccc32)cc1.c1ccc(CCc2ccccc2)cc1. The number of benzene rings is 7. The molecule has 0 radical (unpaired) electrons. The first-order valence-corrected chi connectivity index (χ1v) is 27.9. The van der Waals surface area contributed by atoms with E-state index in [0.29, 0.717) is 3.67 Å². The Bertz CT molecular complexity index is 2580. The standard InChI is InChI=1S/C21H26.C15H13.C14H14.C9H7.Hf/c1-5-6-7-17-8-10-18(11-9-17)16-19-12-14-20(15-13-19)21(2,3)4;1-10-3-5-14-12(7-10)9-13-8-11(2)4-6-15(13)14;1-3-7-13(8-4-1)11-12-14-9-5-2-6-10-14;1-2-5-9-7-3-6-8(9)4-1;/h8-15H,5-7H2,1-4H3;3-7H,9H2,1-2H3;1-10H,11-12H2;1-7H;. The van der Waals surface area contributed by atoms with Gasteiger partial charge in [0.25, 0.3) is 0 Å². The Morgan fingerprint density at radius 2 is 1.18 bits per heavy atom. The third-order valence-electron chi connectivity index (χ3n) is 12.6. The molecular formula is C59H60Hf. The van der Waals surface area contributed by atoms with Crippen molar-refractivity contribution >= 4 is 12.7 Å². The molecule has 9 rings (SSSR count). The summed E-state index contributed by atoms with van der Waals surface area (Å²) in [4.78, 5) is 0. The molecule has 0 N–H and O–H groups in total. The second-order valence-corrected chi connectivity index (χ2v) is 26.8. The van der Waals surface area contributed by atoms with E-state index in [0.717, 1.165) is 25.7 Å². The second kappa shape index (κ2) is 18.7. The summed E-state index contributed by atoms with van der Waals surface area (Å²) >= 11 is -3.06. The van der Waals surface area contributed by atoms with E-state index in [4.69, 9.17) is 0 Å². The van der Waals surface area contributed by atoms with E-state index in [2.05, 4.69) is 217 Å². The fourth-order valence-corrected chi connectivity index (χ4v) is 22.7. The summed E-state index contributed by atoms with van der Waals surface area (Å²) in [6.45, 7) is 13.9. The van der Waals surface area contributed by atoms with Crippen LogP contribution in [0.2, 0.25) is 0 Å².